The van der Waals surface area contributed by atoms with Gasteiger partial charge < -0.3 is 5.32 Å². The van der Waals surface area contributed by atoms with E-state index in [-0.39, 0.29) is 5.54 Å². The smallest absolute Gasteiger partial charge is 0.368 e. The molecular weight excluding hydrogens is 365 g/mol. The van der Waals surface area contributed by atoms with Crippen LogP contribution in [-0.2, 0) is 6.18 Å². The molecule has 0 unspecified atom stereocenters. The lowest BCUT2D eigenvalue weighted by Crippen LogP contribution is -2.56. The van der Waals surface area contributed by atoms with Crippen LogP contribution in [0.25, 0.3) is 10.9 Å². The largest absolute Gasteiger partial charge is 0.451 e. The van der Waals surface area contributed by atoms with Gasteiger partial charge >= 0.3 is 6.18 Å². The van der Waals surface area contributed by atoms with Crippen LogP contribution in [0, 0.1) is 0 Å². The molecule has 1 saturated heterocycles. The van der Waals surface area contributed by atoms with Crippen molar-refractivity contribution < 1.29 is 13.2 Å². The fourth-order valence-electron chi connectivity index (χ4n) is 4.77. The molecule has 2 aliphatic rings. The summed E-state index contributed by atoms with van der Waals surface area (Å²) in [6.07, 6.45) is 4.90. The van der Waals surface area contributed by atoms with E-state index in [2.05, 4.69) is 20.2 Å². The van der Waals surface area contributed by atoms with Gasteiger partial charge in [-0.15, -0.1) is 0 Å². The summed E-state index contributed by atoms with van der Waals surface area (Å²) in [7, 11) is 0. The van der Waals surface area contributed by atoms with Crippen LogP contribution in [0.1, 0.15) is 57.2 Å². The van der Waals surface area contributed by atoms with Crippen molar-refractivity contribution in [1.29, 1.82) is 0 Å². The van der Waals surface area contributed by atoms with Gasteiger partial charge in [0, 0.05) is 17.5 Å². The number of anilines is 1. The van der Waals surface area contributed by atoms with Crippen molar-refractivity contribution in [3.05, 3.63) is 30.1 Å². The number of benzene rings is 1. The monoisotopic (exact) mass is 392 g/mol. The Bertz CT molecular complexity index is 809. The van der Waals surface area contributed by atoms with Crippen LogP contribution < -0.4 is 5.32 Å². The number of halogens is 3. The maximum Gasteiger partial charge on any atom is 0.451 e. The molecule has 4 nitrogen and oxygen atoms in total. The lowest BCUT2D eigenvalue weighted by Gasteiger charge is -2.48. The summed E-state index contributed by atoms with van der Waals surface area (Å²) in [5.41, 5.74) is 0.339. The van der Waals surface area contributed by atoms with Crippen LogP contribution in [0.5, 0.6) is 0 Å². The number of rotatable bonds is 4. The van der Waals surface area contributed by atoms with E-state index in [1.165, 1.54) is 38.5 Å². The molecular formula is C21H27F3N4. The summed E-state index contributed by atoms with van der Waals surface area (Å²) in [4.78, 5) is 10.2. The molecule has 1 aromatic heterocycles. The number of aromatic nitrogens is 2. The molecule has 4 rings (SSSR count). The van der Waals surface area contributed by atoms with Gasteiger partial charge in [0.15, 0.2) is 0 Å². The normalized spacial score (nSPS) is 21.0. The molecule has 1 N–H and O–H groups in total. The topological polar surface area (TPSA) is 41.1 Å². The number of nitrogens with zero attached hydrogens (tertiary/aromatic N) is 3. The standard InChI is InChI=1S/C21H27F3N4/c22-21(23,24)19-26-17-10-4-3-9-16(17)18(27-19)25-15-20(11-5-1-6-12-20)28-13-7-2-8-14-28/h3-4,9-10H,1-2,5-8,11-15H2,(H,25,26,27). The fourth-order valence-corrected chi connectivity index (χ4v) is 4.77. The van der Waals surface area contributed by atoms with Crippen molar-refractivity contribution in [1.82, 2.24) is 14.9 Å². The van der Waals surface area contributed by atoms with Crippen molar-refractivity contribution >= 4 is 16.7 Å². The molecule has 0 radical (unpaired) electrons. The van der Waals surface area contributed by atoms with Crippen LogP contribution in [-0.4, -0.2) is 40.0 Å². The lowest BCUT2D eigenvalue weighted by atomic mass is 9.79. The molecule has 2 fully saturated rings. The number of hydrogen-bond donors (Lipinski definition) is 1. The minimum absolute atomic E-state index is 0.0170. The minimum atomic E-state index is -4.56. The Balaban J connectivity index is 1.64. The van der Waals surface area contributed by atoms with E-state index in [4.69, 9.17) is 0 Å². The van der Waals surface area contributed by atoms with Crippen molar-refractivity contribution in [2.45, 2.75) is 63.1 Å². The van der Waals surface area contributed by atoms with E-state index >= 15 is 0 Å². The van der Waals surface area contributed by atoms with Gasteiger partial charge in [0.2, 0.25) is 5.82 Å². The molecule has 152 valence electrons. The number of alkyl halides is 3. The SMILES string of the molecule is FC(F)(F)c1nc(NCC2(N3CCCCC3)CCCCC2)c2ccccc2n1. The zero-order valence-corrected chi connectivity index (χ0v) is 16.1. The van der Waals surface area contributed by atoms with Crippen LogP contribution in [0.3, 0.4) is 0 Å². The van der Waals surface area contributed by atoms with Gasteiger partial charge in [-0.2, -0.15) is 13.2 Å². The van der Waals surface area contributed by atoms with Crippen molar-refractivity contribution in [3.63, 3.8) is 0 Å². The highest BCUT2D eigenvalue weighted by molar-refractivity contribution is 5.89. The number of piperidine rings is 1. The second kappa shape index (κ2) is 7.85. The van der Waals surface area contributed by atoms with Crippen LogP contribution in [0.4, 0.5) is 19.0 Å². The maximum absolute atomic E-state index is 13.3. The molecule has 1 aromatic carbocycles. The first-order valence-electron chi connectivity index (χ1n) is 10.3. The quantitative estimate of drug-likeness (QED) is 0.772. The summed E-state index contributed by atoms with van der Waals surface area (Å²) in [5.74, 6) is -0.788. The lowest BCUT2D eigenvalue weighted by molar-refractivity contribution is -0.144. The summed E-state index contributed by atoms with van der Waals surface area (Å²) in [5, 5.41) is 3.95. The predicted molar refractivity (Wildman–Crippen MR) is 104 cm³/mol. The Morgan fingerprint density at radius 3 is 2.32 bits per heavy atom. The van der Waals surface area contributed by atoms with Crippen molar-refractivity contribution in [2.24, 2.45) is 0 Å². The minimum Gasteiger partial charge on any atom is -0.368 e. The predicted octanol–water partition coefficient (Wildman–Crippen LogP) is 5.25. The summed E-state index contributed by atoms with van der Waals surface area (Å²) >= 11 is 0. The Morgan fingerprint density at radius 1 is 0.929 bits per heavy atom. The number of hydrogen-bond acceptors (Lipinski definition) is 4. The first-order chi connectivity index (χ1) is 13.5. The van der Waals surface area contributed by atoms with E-state index in [9.17, 15) is 13.2 Å². The fraction of sp³-hybridized carbons (Fsp3) is 0.619. The second-order valence-electron chi connectivity index (χ2n) is 8.10. The molecule has 1 aliphatic carbocycles. The number of para-hydroxylation sites is 1. The van der Waals surface area contributed by atoms with E-state index in [0.717, 1.165) is 25.9 Å². The number of fused-ring (bicyclic) bond motifs is 1. The first kappa shape index (κ1) is 19.4. The molecule has 1 saturated carbocycles. The Labute approximate surface area is 163 Å². The Hall–Kier alpha value is -1.89. The first-order valence-corrected chi connectivity index (χ1v) is 10.3. The van der Waals surface area contributed by atoms with Gasteiger partial charge in [-0.3, -0.25) is 4.90 Å². The van der Waals surface area contributed by atoms with Crippen molar-refractivity contribution in [2.75, 3.05) is 25.0 Å². The molecule has 2 aromatic rings. The summed E-state index contributed by atoms with van der Waals surface area (Å²) in [6, 6.07) is 6.91. The number of likely N-dealkylation sites (tertiary alicyclic amines) is 1. The zero-order chi connectivity index (χ0) is 19.6. The average molecular weight is 392 g/mol. The molecule has 28 heavy (non-hydrogen) atoms. The average Bonchev–Trinajstić information content (AvgIpc) is 2.72. The van der Waals surface area contributed by atoms with E-state index in [1.54, 1.807) is 18.2 Å². The van der Waals surface area contributed by atoms with Crippen LogP contribution >= 0.6 is 0 Å². The Morgan fingerprint density at radius 2 is 1.61 bits per heavy atom. The van der Waals surface area contributed by atoms with Gasteiger partial charge in [-0.25, -0.2) is 9.97 Å². The number of nitrogens with one attached hydrogen (secondary N) is 1. The van der Waals surface area contributed by atoms with Gasteiger partial charge in [0.1, 0.15) is 5.82 Å². The zero-order valence-electron chi connectivity index (χ0n) is 16.1. The van der Waals surface area contributed by atoms with E-state index < -0.39 is 12.0 Å². The van der Waals surface area contributed by atoms with E-state index in [1.807, 2.05) is 6.07 Å². The van der Waals surface area contributed by atoms with E-state index in [0.29, 0.717) is 23.3 Å². The molecule has 2 heterocycles. The van der Waals surface area contributed by atoms with Crippen LogP contribution in [0.15, 0.2) is 24.3 Å². The molecule has 7 heteroatoms. The molecule has 0 spiro atoms. The highest BCUT2D eigenvalue weighted by atomic mass is 19.4. The van der Waals surface area contributed by atoms with Gasteiger partial charge in [-0.05, 0) is 50.9 Å². The second-order valence-corrected chi connectivity index (χ2v) is 8.10. The molecule has 0 bridgehead atoms. The highest BCUT2D eigenvalue weighted by Crippen LogP contribution is 2.37. The molecule has 0 amide bonds. The van der Waals surface area contributed by atoms with Gasteiger partial charge in [0.25, 0.3) is 0 Å². The molecule has 1 aliphatic heterocycles. The summed E-state index contributed by atoms with van der Waals surface area (Å²) in [6.45, 7) is 2.80. The third-order valence-electron chi connectivity index (χ3n) is 6.25. The highest BCUT2D eigenvalue weighted by Gasteiger charge is 2.39. The Kier molecular flexibility index (Phi) is 5.45. The third-order valence-corrected chi connectivity index (χ3v) is 6.25. The van der Waals surface area contributed by atoms with Gasteiger partial charge in [-0.1, -0.05) is 37.8 Å². The molecule has 0 atom stereocenters. The maximum atomic E-state index is 13.3. The van der Waals surface area contributed by atoms with Gasteiger partial charge in [0.05, 0.1) is 5.52 Å². The van der Waals surface area contributed by atoms with Crippen LogP contribution in [0.2, 0.25) is 0 Å². The van der Waals surface area contributed by atoms with Crippen molar-refractivity contribution in [3.8, 4) is 0 Å². The summed E-state index contributed by atoms with van der Waals surface area (Å²) < 4.78 is 39.9. The third kappa shape index (κ3) is 3.95.